The number of amides is 1. The van der Waals surface area contributed by atoms with Crippen LogP contribution < -0.4 is 5.32 Å². The minimum absolute atomic E-state index is 0.0493. The molecular weight excluding hydrogens is 248 g/mol. The highest BCUT2D eigenvalue weighted by Crippen LogP contribution is 2.12. The number of aromatic carboxylic acids is 1. The van der Waals surface area contributed by atoms with E-state index in [1.54, 1.807) is 0 Å². The third-order valence-electron chi connectivity index (χ3n) is 3.06. The summed E-state index contributed by atoms with van der Waals surface area (Å²) in [6.07, 6.45) is 3.41. The van der Waals surface area contributed by atoms with Gasteiger partial charge in [0, 0.05) is 19.3 Å². The molecule has 1 aliphatic rings. The first-order valence-corrected chi connectivity index (χ1v) is 6.22. The zero-order chi connectivity index (χ0) is 13.7. The predicted molar refractivity (Wildman–Crippen MR) is 67.1 cm³/mol. The standard InChI is InChI=1S/C13H16N2O4/c16-12(15-7-9-3-2-6-19-8-9)11-10(13(17)18)4-1-5-14-11/h1,4-5,9H,2-3,6-8H2,(H,15,16)(H,17,18). The van der Waals surface area contributed by atoms with Gasteiger partial charge in [0.1, 0.15) is 5.69 Å². The van der Waals surface area contributed by atoms with Crippen molar-refractivity contribution in [3.05, 3.63) is 29.6 Å². The number of carboxylic acids is 1. The van der Waals surface area contributed by atoms with Crippen LogP contribution in [0.2, 0.25) is 0 Å². The van der Waals surface area contributed by atoms with Gasteiger partial charge >= 0.3 is 5.97 Å². The summed E-state index contributed by atoms with van der Waals surface area (Å²) in [5.74, 6) is -1.32. The highest BCUT2D eigenvalue weighted by molar-refractivity contribution is 6.03. The summed E-state index contributed by atoms with van der Waals surface area (Å²) < 4.78 is 5.32. The summed E-state index contributed by atoms with van der Waals surface area (Å²) in [6.45, 7) is 1.89. The maximum atomic E-state index is 11.9. The van der Waals surface area contributed by atoms with Crippen LogP contribution in [0.3, 0.4) is 0 Å². The van der Waals surface area contributed by atoms with Gasteiger partial charge in [-0.1, -0.05) is 0 Å². The molecule has 0 radical (unpaired) electrons. The number of rotatable bonds is 4. The Morgan fingerprint density at radius 1 is 1.53 bits per heavy atom. The zero-order valence-corrected chi connectivity index (χ0v) is 10.5. The molecule has 0 saturated carbocycles. The lowest BCUT2D eigenvalue weighted by molar-refractivity contribution is 0.0534. The minimum atomic E-state index is -1.15. The number of nitrogens with one attached hydrogen (secondary N) is 1. The summed E-state index contributed by atoms with van der Waals surface area (Å²) in [5, 5.41) is 11.7. The third-order valence-corrected chi connectivity index (χ3v) is 3.06. The summed E-state index contributed by atoms with van der Waals surface area (Å²) in [6, 6.07) is 2.86. The van der Waals surface area contributed by atoms with Gasteiger partial charge in [-0.25, -0.2) is 4.79 Å². The van der Waals surface area contributed by atoms with Gasteiger partial charge in [0.05, 0.1) is 12.2 Å². The number of hydrogen-bond donors (Lipinski definition) is 2. The number of carbonyl (C=O) groups is 2. The monoisotopic (exact) mass is 264 g/mol. The van der Waals surface area contributed by atoms with Crippen LogP contribution in [0, 0.1) is 5.92 Å². The Morgan fingerprint density at radius 2 is 2.37 bits per heavy atom. The van der Waals surface area contributed by atoms with E-state index in [0.717, 1.165) is 19.4 Å². The molecule has 102 valence electrons. The number of nitrogens with zero attached hydrogens (tertiary/aromatic N) is 1. The lowest BCUT2D eigenvalue weighted by Crippen LogP contribution is -2.34. The smallest absolute Gasteiger partial charge is 0.338 e. The Morgan fingerprint density at radius 3 is 3.05 bits per heavy atom. The van der Waals surface area contributed by atoms with Crippen molar-refractivity contribution in [2.45, 2.75) is 12.8 Å². The number of ether oxygens (including phenoxy) is 1. The molecule has 1 unspecified atom stereocenters. The SMILES string of the molecule is O=C(O)c1cccnc1C(=O)NCC1CCCOC1. The maximum Gasteiger partial charge on any atom is 0.338 e. The van der Waals surface area contributed by atoms with Gasteiger partial charge in [0.2, 0.25) is 0 Å². The van der Waals surface area contributed by atoms with E-state index in [-0.39, 0.29) is 17.2 Å². The van der Waals surface area contributed by atoms with Crippen molar-refractivity contribution in [1.82, 2.24) is 10.3 Å². The fraction of sp³-hybridized carbons (Fsp3) is 0.462. The van der Waals surface area contributed by atoms with Gasteiger partial charge in [-0.2, -0.15) is 0 Å². The number of carbonyl (C=O) groups excluding carboxylic acids is 1. The Kier molecular flexibility index (Phi) is 4.46. The second-order valence-electron chi connectivity index (χ2n) is 4.50. The van der Waals surface area contributed by atoms with Crippen molar-refractivity contribution in [1.29, 1.82) is 0 Å². The van der Waals surface area contributed by atoms with Crippen molar-refractivity contribution in [2.24, 2.45) is 5.92 Å². The molecule has 0 aliphatic carbocycles. The van der Waals surface area contributed by atoms with Gasteiger partial charge in [-0.3, -0.25) is 9.78 Å². The number of carboxylic acid groups (broad SMARTS) is 1. The maximum absolute atomic E-state index is 11.9. The molecule has 2 N–H and O–H groups in total. The Labute approximate surface area is 110 Å². The summed E-state index contributed by atoms with van der Waals surface area (Å²) in [5.41, 5.74) is -0.133. The number of pyridine rings is 1. The van der Waals surface area contributed by atoms with E-state index in [0.29, 0.717) is 13.2 Å². The Bertz CT molecular complexity index is 469. The molecule has 1 atom stereocenters. The van der Waals surface area contributed by atoms with Crippen LogP contribution in [0.5, 0.6) is 0 Å². The molecule has 0 aromatic carbocycles. The largest absolute Gasteiger partial charge is 0.478 e. The lowest BCUT2D eigenvalue weighted by Gasteiger charge is -2.22. The molecule has 1 amide bonds. The van der Waals surface area contributed by atoms with Gasteiger partial charge in [-0.15, -0.1) is 0 Å². The van der Waals surface area contributed by atoms with Gasteiger partial charge in [-0.05, 0) is 30.9 Å². The van der Waals surface area contributed by atoms with E-state index >= 15 is 0 Å². The van der Waals surface area contributed by atoms with Crippen LogP contribution in [0.1, 0.15) is 33.7 Å². The lowest BCUT2D eigenvalue weighted by atomic mass is 10.0. The average Bonchev–Trinajstić information content (AvgIpc) is 2.46. The summed E-state index contributed by atoms with van der Waals surface area (Å²) in [4.78, 5) is 26.8. The van der Waals surface area contributed by atoms with Crippen molar-refractivity contribution in [3.63, 3.8) is 0 Å². The first-order chi connectivity index (χ1) is 9.18. The van der Waals surface area contributed by atoms with E-state index in [1.165, 1.54) is 18.3 Å². The Balaban J connectivity index is 1.97. The molecule has 0 bridgehead atoms. The second-order valence-corrected chi connectivity index (χ2v) is 4.50. The predicted octanol–water partition coefficient (Wildman–Crippen LogP) is 0.936. The molecule has 6 heteroatoms. The van der Waals surface area contributed by atoms with E-state index in [2.05, 4.69) is 10.3 Å². The second kappa shape index (κ2) is 6.29. The molecular formula is C13H16N2O4. The van der Waals surface area contributed by atoms with Crippen molar-refractivity contribution >= 4 is 11.9 Å². The fourth-order valence-electron chi connectivity index (χ4n) is 2.05. The molecule has 1 aromatic heterocycles. The molecule has 6 nitrogen and oxygen atoms in total. The van der Waals surface area contributed by atoms with Crippen molar-refractivity contribution in [2.75, 3.05) is 19.8 Å². The number of aromatic nitrogens is 1. The molecule has 1 aliphatic heterocycles. The molecule has 1 aromatic rings. The van der Waals surface area contributed by atoms with Crippen molar-refractivity contribution in [3.8, 4) is 0 Å². The van der Waals surface area contributed by atoms with Crippen LogP contribution in [-0.2, 0) is 4.74 Å². The van der Waals surface area contributed by atoms with E-state index in [9.17, 15) is 9.59 Å². The molecule has 0 spiro atoms. The van der Waals surface area contributed by atoms with Gasteiger partial charge < -0.3 is 15.2 Å². The molecule has 2 rings (SSSR count). The van der Waals surface area contributed by atoms with Crippen molar-refractivity contribution < 1.29 is 19.4 Å². The van der Waals surface area contributed by atoms with Crippen LogP contribution in [0.15, 0.2) is 18.3 Å². The summed E-state index contributed by atoms with van der Waals surface area (Å²) in [7, 11) is 0. The molecule has 1 fully saturated rings. The first kappa shape index (κ1) is 13.5. The average molecular weight is 264 g/mol. The summed E-state index contributed by atoms with van der Waals surface area (Å²) >= 11 is 0. The van der Waals surface area contributed by atoms with E-state index in [4.69, 9.17) is 9.84 Å². The fourth-order valence-corrected chi connectivity index (χ4v) is 2.05. The molecule has 19 heavy (non-hydrogen) atoms. The number of hydrogen-bond acceptors (Lipinski definition) is 4. The van der Waals surface area contributed by atoms with Crippen LogP contribution in [0.25, 0.3) is 0 Å². The third kappa shape index (κ3) is 3.51. The first-order valence-electron chi connectivity index (χ1n) is 6.22. The topological polar surface area (TPSA) is 88.5 Å². The van der Waals surface area contributed by atoms with Crippen LogP contribution >= 0.6 is 0 Å². The Hall–Kier alpha value is -1.95. The minimum Gasteiger partial charge on any atom is -0.478 e. The van der Waals surface area contributed by atoms with Crippen LogP contribution in [0.4, 0.5) is 0 Å². The van der Waals surface area contributed by atoms with Crippen LogP contribution in [-0.4, -0.2) is 41.7 Å². The van der Waals surface area contributed by atoms with Gasteiger partial charge in [0.25, 0.3) is 5.91 Å². The molecule has 1 saturated heterocycles. The van der Waals surface area contributed by atoms with E-state index < -0.39 is 11.9 Å². The molecule has 2 heterocycles. The van der Waals surface area contributed by atoms with Gasteiger partial charge in [0.15, 0.2) is 0 Å². The van der Waals surface area contributed by atoms with E-state index in [1.807, 2.05) is 0 Å². The highest BCUT2D eigenvalue weighted by atomic mass is 16.5. The quantitative estimate of drug-likeness (QED) is 0.844. The normalized spacial score (nSPS) is 18.8. The zero-order valence-electron chi connectivity index (χ0n) is 10.5. The highest BCUT2D eigenvalue weighted by Gasteiger charge is 2.19.